The fraction of sp³-hybridized carbons (Fsp3) is 0.500. The van der Waals surface area contributed by atoms with E-state index < -0.39 is 5.82 Å². The van der Waals surface area contributed by atoms with Gasteiger partial charge < -0.3 is 9.64 Å². The number of halogens is 1. The van der Waals surface area contributed by atoms with E-state index in [2.05, 4.69) is 4.98 Å². The Labute approximate surface area is 116 Å². The molecule has 0 radical (unpaired) electrons. The van der Waals surface area contributed by atoms with Crippen molar-refractivity contribution < 1.29 is 18.7 Å². The van der Waals surface area contributed by atoms with E-state index in [0.717, 1.165) is 6.20 Å². The molecule has 1 fully saturated rings. The highest BCUT2D eigenvalue weighted by atomic mass is 19.1. The van der Waals surface area contributed by atoms with Crippen LogP contribution < -0.4 is 0 Å². The van der Waals surface area contributed by atoms with Gasteiger partial charge in [0.05, 0.1) is 24.3 Å². The normalized spacial score (nSPS) is 16.0. The molecule has 20 heavy (non-hydrogen) atoms. The SMILES string of the molecule is CCOC(=O)C1CCN(C(=O)c2cncc(F)c2)CC1. The maximum Gasteiger partial charge on any atom is 0.309 e. The molecule has 5 nitrogen and oxygen atoms in total. The smallest absolute Gasteiger partial charge is 0.309 e. The lowest BCUT2D eigenvalue weighted by atomic mass is 9.96. The second-order valence-corrected chi connectivity index (χ2v) is 4.71. The first kappa shape index (κ1) is 14.4. The average Bonchev–Trinajstić information content (AvgIpc) is 2.47. The molecule has 0 unspecified atom stereocenters. The molecule has 0 aromatic carbocycles. The number of rotatable bonds is 3. The molecule has 1 saturated heterocycles. The van der Waals surface area contributed by atoms with Crippen molar-refractivity contribution in [2.75, 3.05) is 19.7 Å². The number of nitrogens with zero attached hydrogens (tertiary/aromatic N) is 2. The van der Waals surface area contributed by atoms with E-state index in [9.17, 15) is 14.0 Å². The van der Waals surface area contributed by atoms with Gasteiger partial charge >= 0.3 is 5.97 Å². The summed E-state index contributed by atoms with van der Waals surface area (Å²) in [6, 6.07) is 1.17. The van der Waals surface area contributed by atoms with Gasteiger partial charge in [-0.1, -0.05) is 0 Å². The van der Waals surface area contributed by atoms with Gasteiger partial charge in [0, 0.05) is 19.3 Å². The van der Waals surface area contributed by atoms with Gasteiger partial charge in [0.25, 0.3) is 5.91 Å². The summed E-state index contributed by atoms with van der Waals surface area (Å²) in [7, 11) is 0. The molecule has 108 valence electrons. The Hall–Kier alpha value is -1.98. The van der Waals surface area contributed by atoms with Crippen molar-refractivity contribution in [2.45, 2.75) is 19.8 Å². The minimum atomic E-state index is -0.530. The van der Waals surface area contributed by atoms with Crippen molar-refractivity contribution in [1.29, 1.82) is 0 Å². The highest BCUT2D eigenvalue weighted by Gasteiger charge is 2.28. The van der Waals surface area contributed by atoms with Crippen LogP contribution in [0.2, 0.25) is 0 Å². The summed E-state index contributed by atoms with van der Waals surface area (Å²) in [6.07, 6.45) is 3.56. The van der Waals surface area contributed by atoms with E-state index in [0.29, 0.717) is 32.5 Å². The highest BCUT2D eigenvalue weighted by Crippen LogP contribution is 2.20. The van der Waals surface area contributed by atoms with Gasteiger partial charge in [-0.15, -0.1) is 0 Å². The molecule has 2 rings (SSSR count). The van der Waals surface area contributed by atoms with Crippen LogP contribution in [0.15, 0.2) is 18.5 Å². The van der Waals surface area contributed by atoms with Gasteiger partial charge in [-0.3, -0.25) is 14.6 Å². The van der Waals surface area contributed by atoms with E-state index in [1.54, 1.807) is 11.8 Å². The lowest BCUT2D eigenvalue weighted by Gasteiger charge is -2.30. The summed E-state index contributed by atoms with van der Waals surface area (Å²) in [5.74, 6) is -1.13. The van der Waals surface area contributed by atoms with E-state index in [-0.39, 0.29) is 23.4 Å². The topological polar surface area (TPSA) is 59.5 Å². The Balaban J connectivity index is 1.93. The molecule has 0 atom stereocenters. The Kier molecular flexibility index (Phi) is 4.65. The minimum Gasteiger partial charge on any atom is -0.466 e. The number of esters is 1. The number of carbonyl (C=O) groups is 2. The van der Waals surface area contributed by atoms with Crippen molar-refractivity contribution in [3.63, 3.8) is 0 Å². The Morgan fingerprint density at radius 2 is 2.10 bits per heavy atom. The molecule has 6 heteroatoms. The fourth-order valence-electron chi connectivity index (χ4n) is 2.29. The number of hydrogen-bond acceptors (Lipinski definition) is 4. The first-order valence-electron chi connectivity index (χ1n) is 6.68. The Bertz CT molecular complexity index is 499. The third kappa shape index (κ3) is 3.31. The minimum absolute atomic E-state index is 0.148. The largest absolute Gasteiger partial charge is 0.466 e. The molecule has 0 N–H and O–H groups in total. The molecular weight excluding hydrogens is 263 g/mol. The molecule has 1 amide bonds. The van der Waals surface area contributed by atoms with E-state index >= 15 is 0 Å². The van der Waals surface area contributed by atoms with E-state index in [1.165, 1.54) is 12.3 Å². The van der Waals surface area contributed by atoms with Gasteiger partial charge in [0.15, 0.2) is 0 Å². The maximum absolute atomic E-state index is 13.1. The molecular formula is C14H17FN2O3. The van der Waals surface area contributed by atoms with Crippen LogP contribution in [0.4, 0.5) is 4.39 Å². The Morgan fingerprint density at radius 1 is 1.40 bits per heavy atom. The van der Waals surface area contributed by atoms with Crippen molar-refractivity contribution in [1.82, 2.24) is 9.88 Å². The van der Waals surface area contributed by atoms with Crippen LogP contribution in [-0.4, -0.2) is 41.5 Å². The van der Waals surface area contributed by atoms with Crippen LogP contribution >= 0.6 is 0 Å². The standard InChI is InChI=1S/C14H17FN2O3/c1-2-20-14(19)10-3-5-17(6-4-10)13(18)11-7-12(15)9-16-8-11/h7-10H,2-6H2,1H3. The number of likely N-dealkylation sites (tertiary alicyclic amines) is 1. The second kappa shape index (κ2) is 6.45. The average molecular weight is 280 g/mol. The summed E-state index contributed by atoms with van der Waals surface area (Å²) in [5, 5.41) is 0. The predicted molar refractivity (Wildman–Crippen MR) is 69.5 cm³/mol. The van der Waals surface area contributed by atoms with Crippen molar-refractivity contribution in [3.05, 3.63) is 29.8 Å². The number of pyridine rings is 1. The van der Waals surface area contributed by atoms with E-state index in [4.69, 9.17) is 4.74 Å². The van der Waals surface area contributed by atoms with Crippen LogP contribution in [0, 0.1) is 11.7 Å². The molecule has 0 spiro atoms. The molecule has 1 aliphatic rings. The molecule has 0 aliphatic carbocycles. The number of piperidine rings is 1. The second-order valence-electron chi connectivity index (χ2n) is 4.71. The predicted octanol–water partition coefficient (Wildman–Crippen LogP) is 1.64. The first-order chi connectivity index (χ1) is 9.61. The summed E-state index contributed by atoms with van der Waals surface area (Å²) in [6.45, 7) is 3.08. The van der Waals surface area contributed by atoms with Crippen LogP contribution in [0.5, 0.6) is 0 Å². The molecule has 1 aliphatic heterocycles. The Morgan fingerprint density at radius 3 is 2.70 bits per heavy atom. The summed E-state index contributed by atoms with van der Waals surface area (Å²) in [4.78, 5) is 29.0. The van der Waals surface area contributed by atoms with Gasteiger partial charge in [0.2, 0.25) is 0 Å². The summed E-state index contributed by atoms with van der Waals surface area (Å²) >= 11 is 0. The lowest BCUT2D eigenvalue weighted by molar-refractivity contribution is -0.149. The van der Waals surface area contributed by atoms with Gasteiger partial charge in [0.1, 0.15) is 5.82 Å². The lowest BCUT2D eigenvalue weighted by Crippen LogP contribution is -2.40. The zero-order valence-electron chi connectivity index (χ0n) is 11.3. The summed E-state index contributed by atoms with van der Waals surface area (Å²) in [5.41, 5.74) is 0.236. The zero-order chi connectivity index (χ0) is 14.5. The maximum atomic E-state index is 13.1. The van der Waals surface area contributed by atoms with E-state index in [1.807, 2.05) is 0 Å². The number of amides is 1. The van der Waals surface area contributed by atoms with Gasteiger partial charge in [-0.2, -0.15) is 0 Å². The number of ether oxygens (including phenoxy) is 1. The zero-order valence-corrected chi connectivity index (χ0v) is 11.3. The van der Waals surface area contributed by atoms with Crippen molar-refractivity contribution in [3.8, 4) is 0 Å². The highest BCUT2D eigenvalue weighted by molar-refractivity contribution is 5.94. The number of aromatic nitrogens is 1. The number of carbonyl (C=O) groups excluding carboxylic acids is 2. The van der Waals surface area contributed by atoms with Crippen molar-refractivity contribution in [2.24, 2.45) is 5.92 Å². The van der Waals surface area contributed by atoms with Gasteiger partial charge in [-0.25, -0.2) is 4.39 Å². The van der Waals surface area contributed by atoms with Crippen LogP contribution in [0.25, 0.3) is 0 Å². The molecule has 1 aromatic rings. The van der Waals surface area contributed by atoms with Gasteiger partial charge in [-0.05, 0) is 25.8 Å². The van der Waals surface area contributed by atoms with Crippen LogP contribution in [0.3, 0.4) is 0 Å². The van der Waals surface area contributed by atoms with Crippen LogP contribution in [0.1, 0.15) is 30.1 Å². The monoisotopic (exact) mass is 280 g/mol. The third-order valence-electron chi connectivity index (χ3n) is 3.35. The first-order valence-corrected chi connectivity index (χ1v) is 6.68. The summed E-state index contributed by atoms with van der Waals surface area (Å²) < 4.78 is 18.0. The quantitative estimate of drug-likeness (QED) is 0.790. The van der Waals surface area contributed by atoms with Crippen molar-refractivity contribution >= 4 is 11.9 Å². The molecule has 0 saturated carbocycles. The molecule has 2 heterocycles. The third-order valence-corrected chi connectivity index (χ3v) is 3.35. The molecule has 1 aromatic heterocycles. The fourth-order valence-corrected chi connectivity index (χ4v) is 2.29. The number of hydrogen-bond donors (Lipinski definition) is 0. The molecule has 0 bridgehead atoms. The van der Waals surface area contributed by atoms with Crippen LogP contribution in [-0.2, 0) is 9.53 Å².